The lowest BCUT2D eigenvalue weighted by Gasteiger charge is -2.15. The van der Waals surface area contributed by atoms with Gasteiger partial charge in [-0.2, -0.15) is 0 Å². The first-order valence-corrected chi connectivity index (χ1v) is 9.35. The fourth-order valence-electron chi connectivity index (χ4n) is 2.46. The number of carbonyl (C=O) groups excluding carboxylic acids is 1. The number of methoxy groups -OCH3 is 1. The Balaban J connectivity index is 1.99. The molecule has 0 aromatic heterocycles. The van der Waals surface area contributed by atoms with Gasteiger partial charge in [-0.3, -0.25) is 4.79 Å². The Labute approximate surface area is 156 Å². The second kappa shape index (κ2) is 10.0. The highest BCUT2D eigenvalue weighted by molar-refractivity contribution is 5.80. The summed E-state index contributed by atoms with van der Waals surface area (Å²) in [4.78, 5) is 16.2. The highest BCUT2D eigenvalue weighted by atomic mass is 16.5. The molecular weight excluding hydrogens is 330 g/mol. The lowest BCUT2D eigenvalue weighted by Crippen LogP contribution is -2.40. The quantitative estimate of drug-likeness (QED) is 0.402. The zero-order valence-corrected chi connectivity index (χ0v) is 16.3. The molecule has 1 unspecified atom stereocenters. The second-order valence-electron chi connectivity index (χ2n) is 6.87. The standard InChI is InChI=1S/C20H31N3O3/c1-5-21-20(22-11-15(3)19(24)25-4)23-12-17-9-6-14(2)10-18(17)26-13-16-7-8-16/h6,9-10,15-16H,5,7-8,11-13H2,1-4H3,(H2,21,22,23). The van der Waals surface area contributed by atoms with Gasteiger partial charge in [-0.25, -0.2) is 4.99 Å². The molecule has 6 heteroatoms. The summed E-state index contributed by atoms with van der Waals surface area (Å²) in [6.45, 7) is 8.42. The van der Waals surface area contributed by atoms with E-state index in [0.717, 1.165) is 24.5 Å². The van der Waals surface area contributed by atoms with Gasteiger partial charge in [0.05, 0.1) is 26.2 Å². The molecule has 6 nitrogen and oxygen atoms in total. The lowest BCUT2D eigenvalue weighted by atomic mass is 10.1. The highest BCUT2D eigenvalue weighted by Gasteiger charge is 2.22. The number of aliphatic imine (C=N–C) groups is 1. The van der Waals surface area contributed by atoms with E-state index in [0.29, 0.717) is 25.0 Å². The van der Waals surface area contributed by atoms with Gasteiger partial charge < -0.3 is 20.1 Å². The van der Waals surface area contributed by atoms with E-state index in [4.69, 9.17) is 9.47 Å². The SMILES string of the molecule is CCNC(=NCc1ccc(C)cc1OCC1CC1)NCC(C)C(=O)OC. The normalized spacial score (nSPS) is 15.3. The van der Waals surface area contributed by atoms with Crippen LogP contribution in [0.5, 0.6) is 5.75 Å². The number of guanidine groups is 1. The van der Waals surface area contributed by atoms with Crippen molar-refractivity contribution in [2.45, 2.75) is 40.2 Å². The topological polar surface area (TPSA) is 72.0 Å². The molecule has 1 aliphatic rings. The molecular formula is C20H31N3O3. The molecule has 2 rings (SSSR count). The summed E-state index contributed by atoms with van der Waals surface area (Å²) >= 11 is 0. The number of rotatable bonds is 9. The number of nitrogens with one attached hydrogen (secondary N) is 2. The minimum absolute atomic E-state index is 0.234. The van der Waals surface area contributed by atoms with Crippen LogP contribution in [-0.2, 0) is 16.1 Å². The minimum Gasteiger partial charge on any atom is -0.493 e. The molecule has 1 aliphatic carbocycles. The summed E-state index contributed by atoms with van der Waals surface area (Å²) in [5, 5.41) is 6.40. The molecule has 1 fully saturated rings. The zero-order chi connectivity index (χ0) is 18.9. The van der Waals surface area contributed by atoms with Crippen LogP contribution >= 0.6 is 0 Å². The molecule has 2 N–H and O–H groups in total. The highest BCUT2D eigenvalue weighted by Crippen LogP contribution is 2.30. The monoisotopic (exact) mass is 361 g/mol. The van der Waals surface area contributed by atoms with Crippen LogP contribution in [0, 0.1) is 18.8 Å². The minimum atomic E-state index is -0.235. The van der Waals surface area contributed by atoms with E-state index in [-0.39, 0.29) is 11.9 Å². The van der Waals surface area contributed by atoms with E-state index in [1.54, 1.807) is 0 Å². The van der Waals surface area contributed by atoms with Gasteiger partial charge in [0.2, 0.25) is 0 Å². The Morgan fingerprint density at radius 3 is 2.77 bits per heavy atom. The first-order chi connectivity index (χ1) is 12.5. The van der Waals surface area contributed by atoms with E-state index in [1.165, 1.54) is 25.5 Å². The largest absolute Gasteiger partial charge is 0.493 e. The molecule has 0 aliphatic heterocycles. The number of hydrogen-bond acceptors (Lipinski definition) is 4. The average molecular weight is 361 g/mol. The van der Waals surface area contributed by atoms with Crippen LogP contribution in [0.2, 0.25) is 0 Å². The number of ether oxygens (including phenoxy) is 2. The maximum atomic E-state index is 11.5. The molecule has 1 aromatic rings. The first-order valence-electron chi connectivity index (χ1n) is 9.35. The van der Waals surface area contributed by atoms with Crippen molar-refractivity contribution >= 4 is 11.9 Å². The molecule has 0 radical (unpaired) electrons. The number of carbonyl (C=O) groups is 1. The van der Waals surface area contributed by atoms with E-state index >= 15 is 0 Å². The molecule has 1 atom stereocenters. The van der Waals surface area contributed by atoms with Gasteiger partial charge in [-0.05, 0) is 44.2 Å². The predicted octanol–water partition coefficient (Wildman–Crippen LogP) is 2.65. The van der Waals surface area contributed by atoms with Crippen molar-refractivity contribution in [3.63, 3.8) is 0 Å². The molecule has 1 saturated carbocycles. The van der Waals surface area contributed by atoms with Gasteiger partial charge >= 0.3 is 5.97 Å². The second-order valence-corrected chi connectivity index (χ2v) is 6.87. The molecule has 0 saturated heterocycles. The van der Waals surface area contributed by atoms with Gasteiger partial charge in [0.1, 0.15) is 5.75 Å². The van der Waals surface area contributed by atoms with Gasteiger partial charge in [0.25, 0.3) is 0 Å². The van der Waals surface area contributed by atoms with Crippen molar-refractivity contribution in [1.29, 1.82) is 0 Å². The van der Waals surface area contributed by atoms with Crippen molar-refractivity contribution in [2.24, 2.45) is 16.8 Å². The fraction of sp³-hybridized carbons (Fsp3) is 0.600. The van der Waals surface area contributed by atoms with Gasteiger partial charge in [-0.1, -0.05) is 19.1 Å². The van der Waals surface area contributed by atoms with Crippen molar-refractivity contribution in [3.05, 3.63) is 29.3 Å². The number of aryl methyl sites for hydroxylation is 1. The number of hydrogen-bond donors (Lipinski definition) is 2. The van der Waals surface area contributed by atoms with Crippen LogP contribution in [0.15, 0.2) is 23.2 Å². The molecule has 0 spiro atoms. The molecule has 0 bridgehead atoms. The van der Waals surface area contributed by atoms with Gasteiger partial charge in [0.15, 0.2) is 5.96 Å². The van der Waals surface area contributed by atoms with E-state index < -0.39 is 0 Å². The van der Waals surface area contributed by atoms with E-state index in [2.05, 4.69) is 40.7 Å². The van der Waals surface area contributed by atoms with Crippen LogP contribution in [-0.4, -0.2) is 38.7 Å². The summed E-state index contributed by atoms with van der Waals surface area (Å²) in [7, 11) is 1.40. The molecule has 0 heterocycles. The predicted molar refractivity (Wildman–Crippen MR) is 103 cm³/mol. The van der Waals surface area contributed by atoms with Crippen molar-refractivity contribution < 1.29 is 14.3 Å². The van der Waals surface area contributed by atoms with Crippen LogP contribution in [0.4, 0.5) is 0 Å². The number of benzene rings is 1. The summed E-state index contributed by atoms with van der Waals surface area (Å²) in [6, 6.07) is 6.23. The smallest absolute Gasteiger partial charge is 0.310 e. The van der Waals surface area contributed by atoms with E-state index in [9.17, 15) is 4.79 Å². The van der Waals surface area contributed by atoms with Gasteiger partial charge in [0, 0.05) is 18.7 Å². The average Bonchev–Trinajstić information content (AvgIpc) is 3.46. The van der Waals surface area contributed by atoms with Crippen molar-refractivity contribution in [3.8, 4) is 5.75 Å². The zero-order valence-electron chi connectivity index (χ0n) is 16.3. The third kappa shape index (κ3) is 6.58. The van der Waals surface area contributed by atoms with Crippen LogP contribution in [0.1, 0.15) is 37.8 Å². The fourth-order valence-corrected chi connectivity index (χ4v) is 2.46. The van der Waals surface area contributed by atoms with Gasteiger partial charge in [-0.15, -0.1) is 0 Å². The third-order valence-electron chi connectivity index (χ3n) is 4.33. The number of nitrogens with zero attached hydrogens (tertiary/aromatic N) is 1. The van der Waals surface area contributed by atoms with Crippen molar-refractivity contribution in [2.75, 3.05) is 26.8 Å². The Kier molecular flexibility index (Phi) is 7.75. The Morgan fingerprint density at radius 1 is 1.35 bits per heavy atom. The Morgan fingerprint density at radius 2 is 2.12 bits per heavy atom. The molecule has 26 heavy (non-hydrogen) atoms. The Bertz CT molecular complexity index is 627. The summed E-state index contributed by atoms with van der Waals surface area (Å²) < 4.78 is 10.8. The maximum absolute atomic E-state index is 11.5. The van der Waals surface area contributed by atoms with Crippen LogP contribution < -0.4 is 15.4 Å². The Hall–Kier alpha value is -2.24. The van der Waals surface area contributed by atoms with Crippen molar-refractivity contribution in [1.82, 2.24) is 10.6 Å². The van der Waals surface area contributed by atoms with Crippen LogP contribution in [0.25, 0.3) is 0 Å². The summed E-state index contributed by atoms with van der Waals surface area (Å²) in [6.07, 6.45) is 2.54. The maximum Gasteiger partial charge on any atom is 0.310 e. The molecule has 1 aromatic carbocycles. The third-order valence-corrected chi connectivity index (χ3v) is 4.33. The molecule has 144 valence electrons. The molecule has 0 amide bonds. The summed E-state index contributed by atoms with van der Waals surface area (Å²) in [5.74, 6) is 1.84. The first kappa shape index (κ1) is 20.1. The van der Waals surface area contributed by atoms with Crippen LogP contribution in [0.3, 0.4) is 0 Å². The van der Waals surface area contributed by atoms with E-state index in [1.807, 2.05) is 13.8 Å². The number of esters is 1. The summed E-state index contributed by atoms with van der Waals surface area (Å²) in [5.41, 5.74) is 2.25. The lowest BCUT2D eigenvalue weighted by molar-refractivity contribution is -0.144.